The van der Waals surface area contributed by atoms with Gasteiger partial charge in [-0.05, 0) is 56.6 Å². The van der Waals surface area contributed by atoms with Gasteiger partial charge in [0.1, 0.15) is 5.82 Å². The van der Waals surface area contributed by atoms with Crippen molar-refractivity contribution in [3.63, 3.8) is 0 Å². The number of benzene rings is 1. The Labute approximate surface area is 103 Å². The number of hydrogen-bond donors (Lipinski definition) is 1. The third-order valence-electron chi connectivity index (χ3n) is 3.44. The summed E-state index contributed by atoms with van der Waals surface area (Å²) in [5.74, 6) is -0.147. The van der Waals surface area contributed by atoms with Gasteiger partial charge in [0.05, 0.1) is 0 Å². The Morgan fingerprint density at radius 2 is 2.29 bits per heavy atom. The van der Waals surface area contributed by atoms with Crippen LogP contribution >= 0.6 is 0 Å². The molecule has 0 aliphatic carbocycles. The highest BCUT2D eigenvalue weighted by Crippen LogP contribution is 2.13. The van der Waals surface area contributed by atoms with Crippen molar-refractivity contribution >= 4 is 0 Å². The van der Waals surface area contributed by atoms with E-state index in [1.165, 1.54) is 18.4 Å². The van der Waals surface area contributed by atoms with Crippen molar-refractivity contribution in [1.29, 1.82) is 0 Å². The number of nitrogens with one attached hydrogen (secondary N) is 1. The summed E-state index contributed by atoms with van der Waals surface area (Å²) < 4.78 is 13.0. The van der Waals surface area contributed by atoms with Crippen LogP contribution in [-0.4, -0.2) is 31.1 Å². The molecule has 1 fully saturated rings. The zero-order valence-electron chi connectivity index (χ0n) is 10.7. The Bertz CT molecular complexity index is 372. The SMILES string of the molecule is Cc1cc(F)ccc1CN(C)CC1CCCN1. The Kier molecular flexibility index (Phi) is 4.13. The summed E-state index contributed by atoms with van der Waals surface area (Å²) in [6, 6.07) is 5.67. The molecule has 1 N–H and O–H groups in total. The highest BCUT2D eigenvalue weighted by Gasteiger charge is 2.16. The van der Waals surface area contributed by atoms with Crippen LogP contribution in [0.5, 0.6) is 0 Å². The molecular weight excluding hydrogens is 215 g/mol. The van der Waals surface area contributed by atoms with Gasteiger partial charge in [0.2, 0.25) is 0 Å². The lowest BCUT2D eigenvalue weighted by atomic mass is 10.1. The van der Waals surface area contributed by atoms with Crippen LogP contribution in [0.2, 0.25) is 0 Å². The second kappa shape index (κ2) is 5.61. The molecule has 1 aromatic carbocycles. The van der Waals surface area contributed by atoms with Gasteiger partial charge in [-0.3, -0.25) is 0 Å². The van der Waals surface area contributed by atoms with Crippen LogP contribution in [0.1, 0.15) is 24.0 Å². The predicted molar refractivity (Wildman–Crippen MR) is 68.5 cm³/mol. The summed E-state index contributed by atoms with van der Waals surface area (Å²) >= 11 is 0. The van der Waals surface area contributed by atoms with E-state index in [2.05, 4.69) is 17.3 Å². The maximum Gasteiger partial charge on any atom is 0.123 e. The Balaban J connectivity index is 1.90. The van der Waals surface area contributed by atoms with E-state index in [0.29, 0.717) is 6.04 Å². The highest BCUT2D eigenvalue weighted by molar-refractivity contribution is 5.26. The van der Waals surface area contributed by atoms with E-state index in [-0.39, 0.29) is 5.82 Å². The smallest absolute Gasteiger partial charge is 0.123 e. The molecule has 1 aromatic rings. The number of halogens is 1. The molecule has 1 atom stereocenters. The number of nitrogens with zero attached hydrogens (tertiary/aromatic N) is 1. The zero-order valence-corrected chi connectivity index (χ0v) is 10.7. The monoisotopic (exact) mass is 236 g/mol. The third kappa shape index (κ3) is 3.51. The molecule has 0 spiro atoms. The van der Waals surface area contributed by atoms with Crippen LogP contribution in [0.15, 0.2) is 18.2 Å². The normalized spacial score (nSPS) is 20.1. The Morgan fingerprint density at radius 1 is 1.47 bits per heavy atom. The summed E-state index contributed by atoms with van der Waals surface area (Å²) in [7, 11) is 2.13. The van der Waals surface area contributed by atoms with Crippen molar-refractivity contribution < 1.29 is 4.39 Å². The lowest BCUT2D eigenvalue weighted by Gasteiger charge is -2.22. The second-order valence-corrected chi connectivity index (χ2v) is 5.06. The number of aryl methyl sites for hydroxylation is 1. The van der Waals surface area contributed by atoms with E-state index in [4.69, 9.17) is 0 Å². The second-order valence-electron chi connectivity index (χ2n) is 5.06. The minimum atomic E-state index is -0.147. The van der Waals surface area contributed by atoms with Crippen molar-refractivity contribution in [2.75, 3.05) is 20.1 Å². The van der Waals surface area contributed by atoms with Crippen LogP contribution < -0.4 is 5.32 Å². The summed E-state index contributed by atoms with van der Waals surface area (Å²) in [6.45, 7) is 5.08. The van der Waals surface area contributed by atoms with Gasteiger partial charge < -0.3 is 10.2 Å². The maximum absolute atomic E-state index is 13.0. The quantitative estimate of drug-likeness (QED) is 0.863. The molecule has 1 aliphatic rings. The van der Waals surface area contributed by atoms with Gasteiger partial charge in [0.25, 0.3) is 0 Å². The van der Waals surface area contributed by atoms with Crippen LogP contribution in [0.3, 0.4) is 0 Å². The highest BCUT2D eigenvalue weighted by atomic mass is 19.1. The predicted octanol–water partition coefficient (Wildman–Crippen LogP) is 2.32. The standard InChI is InChI=1S/C14H21FN2/c1-11-8-13(15)6-5-12(11)9-17(2)10-14-4-3-7-16-14/h5-6,8,14,16H,3-4,7,9-10H2,1-2H3. The fourth-order valence-corrected chi connectivity index (χ4v) is 2.48. The lowest BCUT2D eigenvalue weighted by molar-refractivity contribution is 0.292. The molecule has 2 nitrogen and oxygen atoms in total. The number of likely N-dealkylation sites (N-methyl/N-ethyl adjacent to an activating group) is 1. The van der Waals surface area contributed by atoms with Crippen molar-refractivity contribution in [1.82, 2.24) is 10.2 Å². The van der Waals surface area contributed by atoms with Crippen LogP contribution in [-0.2, 0) is 6.54 Å². The van der Waals surface area contributed by atoms with Crippen molar-refractivity contribution in [2.45, 2.75) is 32.4 Å². The summed E-state index contributed by atoms with van der Waals surface area (Å²) in [6.07, 6.45) is 2.56. The molecule has 17 heavy (non-hydrogen) atoms. The lowest BCUT2D eigenvalue weighted by Crippen LogP contribution is -2.35. The van der Waals surface area contributed by atoms with E-state index >= 15 is 0 Å². The van der Waals surface area contributed by atoms with Crippen LogP contribution in [0.4, 0.5) is 4.39 Å². The van der Waals surface area contributed by atoms with E-state index in [9.17, 15) is 4.39 Å². The first-order valence-electron chi connectivity index (χ1n) is 6.32. The van der Waals surface area contributed by atoms with Crippen molar-refractivity contribution in [3.8, 4) is 0 Å². The minimum Gasteiger partial charge on any atom is -0.313 e. The van der Waals surface area contributed by atoms with E-state index in [1.54, 1.807) is 12.1 Å². The Hall–Kier alpha value is -0.930. The maximum atomic E-state index is 13.0. The molecule has 2 rings (SSSR count). The molecule has 0 amide bonds. The molecule has 94 valence electrons. The molecular formula is C14H21FN2. The summed E-state index contributed by atoms with van der Waals surface area (Å²) in [4.78, 5) is 2.31. The summed E-state index contributed by atoms with van der Waals surface area (Å²) in [5.41, 5.74) is 2.25. The molecule has 1 saturated heterocycles. The first-order valence-corrected chi connectivity index (χ1v) is 6.32. The van der Waals surface area contributed by atoms with Crippen LogP contribution in [0, 0.1) is 12.7 Å². The van der Waals surface area contributed by atoms with Crippen molar-refractivity contribution in [3.05, 3.63) is 35.1 Å². The minimum absolute atomic E-state index is 0.147. The topological polar surface area (TPSA) is 15.3 Å². The van der Waals surface area contributed by atoms with Gasteiger partial charge in [0.15, 0.2) is 0 Å². The van der Waals surface area contributed by atoms with Gasteiger partial charge in [-0.1, -0.05) is 6.07 Å². The van der Waals surface area contributed by atoms with E-state index in [1.807, 2.05) is 13.0 Å². The number of rotatable bonds is 4. The van der Waals surface area contributed by atoms with E-state index < -0.39 is 0 Å². The van der Waals surface area contributed by atoms with Crippen molar-refractivity contribution in [2.24, 2.45) is 0 Å². The fraction of sp³-hybridized carbons (Fsp3) is 0.571. The zero-order chi connectivity index (χ0) is 12.3. The van der Waals surface area contributed by atoms with Gasteiger partial charge in [-0.2, -0.15) is 0 Å². The molecule has 0 bridgehead atoms. The first-order chi connectivity index (χ1) is 8.15. The molecule has 1 aliphatic heterocycles. The molecule has 3 heteroatoms. The van der Waals surface area contributed by atoms with Crippen LogP contribution in [0.25, 0.3) is 0 Å². The summed E-state index contributed by atoms with van der Waals surface area (Å²) in [5, 5.41) is 3.50. The fourth-order valence-electron chi connectivity index (χ4n) is 2.48. The third-order valence-corrected chi connectivity index (χ3v) is 3.44. The largest absolute Gasteiger partial charge is 0.313 e. The molecule has 0 saturated carbocycles. The van der Waals surface area contributed by atoms with Gasteiger partial charge in [-0.25, -0.2) is 4.39 Å². The average molecular weight is 236 g/mol. The molecule has 0 radical (unpaired) electrons. The number of hydrogen-bond acceptors (Lipinski definition) is 2. The molecule has 1 unspecified atom stereocenters. The van der Waals surface area contributed by atoms with Gasteiger partial charge in [0, 0.05) is 19.1 Å². The van der Waals surface area contributed by atoms with E-state index in [0.717, 1.165) is 25.2 Å². The van der Waals surface area contributed by atoms with Gasteiger partial charge >= 0.3 is 0 Å². The first kappa shape index (κ1) is 12.5. The average Bonchev–Trinajstić information content (AvgIpc) is 2.75. The molecule has 1 heterocycles. The van der Waals surface area contributed by atoms with Gasteiger partial charge in [-0.15, -0.1) is 0 Å². The molecule has 0 aromatic heterocycles. The Morgan fingerprint density at radius 3 is 2.94 bits per heavy atom.